The van der Waals surface area contributed by atoms with Crippen molar-refractivity contribution < 1.29 is 9.84 Å². The van der Waals surface area contributed by atoms with E-state index in [0.717, 1.165) is 29.7 Å². The minimum atomic E-state index is -0.550. The van der Waals surface area contributed by atoms with Gasteiger partial charge in [-0.1, -0.05) is 26.8 Å². The van der Waals surface area contributed by atoms with Gasteiger partial charge in [-0.25, -0.2) is 19.9 Å². The Morgan fingerprint density at radius 2 is 1.98 bits per heavy atom. The van der Waals surface area contributed by atoms with Crippen molar-refractivity contribution in [1.82, 2.24) is 34.4 Å². The van der Waals surface area contributed by atoms with Crippen LogP contribution in [-0.4, -0.2) is 70.3 Å². The van der Waals surface area contributed by atoms with Crippen LogP contribution in [0.15, 0.2) is 30.9 Å². The maximum absolute atomic E-state index is 10.9. The lowest BCUT2D eigenvalue weighted by atomic mass is 9.76. The molecule has 4 heterocycles. The van der Waals surface area contributed by atoms with Crippen LogP contribution < -0.4 is 5.73 Å². The number of aromatic nitrogens is 6. The van der Waals surface area contributed by atoms with E-state index >= 15 is 0 Å². The van der Waals surface area contributed by atoms with E-state index in [0.29, 0.717) is 47.9 Å². The summed E-state index contributed by atoms with van der Waals surface area (Å²) in [6.07, 6.45) is 6.90. The number of nitrogen functional groups attached to an aromatic ring is 1. The molecule has 40 heavy (non-hydrogen) atoms. The molecule has 214 valence electrons. The summed E-state index contributed by atoms with van der Waals surface area (Å²) in [6.45, 7) is 11.9. The zero-order valence-electron chi connectivity index (χ0n) is 24.2. The number of H-pyrrole nitrogens is 1. The van der Waals surface area contributed by atoms with Gasteiger partial charge in [0, 0.05) is 31.5 Å². The van der Waals surface area contributed by atoms with Crippen molar-refractivity contribution in [3.05, 3.63) is 42.2 Å². The number of aromatic amines is 1. The number of aliphatic hydroxyl groups is 1. The first kappa shape index (κ1) is 27.1. The molecule has 1 saturated carbocycles. The topological polar surface area (TPSA) is 131 Å². The molecule has 0 radical (unpaired) electrons. The van der Waals surface area contributed by atoms with E-state index in [2.05, 4.69) is 77.7 Å². The zero-order valence-corrected chi connectivity index (χ0v) is 24.2. The van der Waals surface area contributed by atoms with Crippen molar-refractivity contribution in [2.24, 2.45) is 5.92 Å². The lowest BCUT2D eigenvalue weighted by molar-refractivity contribution is -0.0579. The minimum absolute atomic E-state index is 0.119. The first-order chi connectivity index (χ1) is 19.1. The highest BCUT2D eigenvalue weighted by atomic mass is 16.5. The van der Waals surface area contributed by atoms with E-state index in [4.69, 9.17) is 15.5 Å². The normalized spacial score (nSPS) is 25.4. The van der Waals surface area contributed by atoms with Crippen LogP contribution in [-0.2, 0) is 16.6 Å². The molecule has 3 aromatic heterocycles. The number of benzene rings is 1. The van der Waals surface area contributed by atoms with Crippen LogP contribution in [0.3, 0.4) is 0 Å². The summed E-state index contributed by atoms with van der Waals surface area (Å²) in [5.74, 6) is 2.12. The third-order valence-electron chi connectivity index (χ3n) is 8.82. The monoisotopic (exact) mass is 546 g/mol. The number of rotatable bonds is 8. The third-order valence-corrected chi connectivity index (χ3v) is 8.82. The molecular formula is C30H42N8O2. The number of imidazole rings is 2. The van der Waals surface area contributed by atoms with Gasteiger partial charge in [0.1, 0.15) is 23.9 Å². The number of nitrogens with one attached hydrogen (secondary N) is 1. The van der Waals surface area contributed by atoms with Gasteiger partial charge in [-0.2, -0.15) is 0 Å². The van der Waals surface area contributed by atoms with Crippen LogP contribution >= 0.6 is 0 Å². The van der Waals surface area contributed by atoms with Gasteiger partial charge in [-0.05, 0) is 62.1 Å². The molecule has 0 spiro atoms. The molecule has 1 aromatic carbocycles. The Labute approximate surface area is 235 Å². The SMILES string of the molecule is CC(C)N(C[C@H]1O[C@@H](n2cnc3c(N)ncnc32)C[C@@H]1O)C1CC(CCc2nc3cc(C(C)(C)C)ccc3[nH]2)C1. The average molecular weight is 547 g/mol. The van der Waals surface area contributed by atoms with Crippen LogP contribution in [0.5, 0.6) is 0 Å². The zero-order chi connectivity index (χ0) is 28.2. The molecule has 1 aliphatic heterocycles. The highest BCUT2D eigenvalue weighted by Crippen LogP contribution is 2.38. The van der Waals surface area contributed by atoms with Gasteiger partial charge >= 0.3 is 0 Å². The number of aliphatic hydroxyl groups excluding tert-OH is 1. The van der Waals surface area contributed by atoms with Crippen molar-refractivity contribution in [2.45, 2.75) is 103 Å². The predicted molar refractivity (Wildman–Crippen MR) is 156 cm³/mol. The fourth-order valence-corrected chi connectivity index (χ4v) is 6.31. The summed E-state index contributed by atoms with van der Waals surface area (Å²) in [5, 5.41) is 10.9. The molecule has 1 aliphatic carbocycles. The molecular weight excluding hydrogens is 504 g/mol. The van der Waals surface area contributed by atoms with Crippen LogP contribution in [0.25, 0.3) is 22.2 Å². The molecule has 10 heteroatoms. The Kier molecular flexibility index (Phi) is 7.04. The molecule has 0 amide bonds. The fraction of sp³-hybridized carbons (Fsp3) is 0.600. The maximum Gasteiger partial charge on any atom is 0.167 e. The molecule has 0 bridgehead atoms. The molecule has 2 fully saturated rings. The number of aryl methyl sites for hydroxylation is 1. The van der Waals surface area contributed by atoms with E-state index in [-0.39, 0.29) is 17.7 Å². The van der Waals surface area contributed by atoms with Crippen LogP contribution in [0.2, 0.25) is 0 Å². The quantitative estimate of drug-likeness (QED) is 0.297. The molecule has 1 saturated heterocycles. The third kappa shape index (κ3) is 5.20. The van der Waals surface area contributed by atoms with Gasteiger partial charge in [0.15, 0.2) is 11.5 Å². The molecule has 2 aliphatic rings. The Morgan fingerprint density at radius 3 is 2.73 bits per heavy atom. The van der Waals surface area contributed by atoms with E-state index in [1.165, 1.54) is 24.7 Å². The summed E-state index contributed by atoms with van der Waals surface area (Å²) in [6, 6.07) is 7.46. The molecule has 4 N–H and O–H groups in total. The van der Waals surface area contributed by atoms with Gasteiger partial charge in [0.2, 0.25) is 0 Å². The van der Waals surface area contributed by atoms with Gasteiger partial charge in [0.05, 0.1) is 29.6 Å². The molecule has 3 atom stereocenters. The van der Waals surface area contributed by atoms with Crippen LogP contribution in [0.1, 0.15) is 77.9 Å². The number of anilines is 1. The summed E-state index contributed by atoms with van der Waals surface area (Å²) < 4.78 is 8.23. The highest BCUT2D eigenvalue weighted by molar-refractivity contribution is 5.81. The Balaban J connectivity index is 1.04. The van der Waals surface area contributed by atoms with Crippen molar-refractivity contribution in [3.63, 3.8) is 0 Å². The molecule has 6 rings (SSSR count). The standard InChI is InChI=1S/C30H42N8O2/c1-17(2)37(14-24-23(39)13-26(40-24)38-16-34-27-28(31)32-15-33-29(27)38)20-10-18(11-20)6-9-25-35-21-8-7-19(30(3,4)5)12-22(21)36-25/h7-8,12,15-18,20,23-24,26,39H,6,9-11,13-14H2,1-5H3,(H,35,36)(H2,31,32,33)/t18?,20?,23-,24+,26+/m0/s1. The molecule has 0 unspecified atom stereocenters. The predicted octanol–water partition coefficient (Wildman–Crippen LogP) is 4.35. The second-order valence-electron chi connectivity index (χ2n) is 13.0. The van der Waals surface area contributed by atoms with E-state index in [1.54, 1.807) is 6.33 Å². The Hall–Kier alpha value is -3.08. The Bertz CT molecular complexity index is 1480. The summed E-state index contributed by atoms with van der Waals surface area (Å²) in [7, 11) is 0. The van der Waals surface area contributed by atoms with Crippen molar-refractivity contribution in [1.29, 1.82) is 0 Å². The van der Waals surface area contributed by atoms with Crippen LogP contribution in [0.4, 0.5) is 5.82 Å². The second-order valence-corrected chi connectivity index (χ2v) is 13.0. The number of hydrogen-bond acceptors (Lipinski definition) is 8. The molecule has 4 aromatic rings. The van der Waals surface area contributed by atoms with E-state index in [9.17, 15) is 5.11 Å². The largest absolute Gasteiger partial charge is 0.390 e. The summed E-state index contributed by atoms with van der Waals surface area (Å²) in [4.78, 5) is 23.6. The van der Waals surface area contributed by atoms with Gasteiger partial charge < -0.3 is 20.6 Å². The van der Waals surface area contributed by atoms with Crippen LogP contribution in [0, 0.1) is 5.92 Å². The first-order valence-corrected chi connectivity index (χ1v) is 14.6. The van der Waals surface area contributed by atoms with Crippen molar-refractivity contribution >= 4 is 28.0 Å². The molecule has 10 nitrogen and oxygen atoms in total. The second kappa shape index (κ2) is 10.4. The number of nitrogens with two attached hydrogens (primary N) is 1. The van der Waals surface area contributed by atoms with E-state index < -0.39 is 6.10 Å². The number of nitrogens with zero attached hydrogens (tertiary/aromatic N) is 6. The number of fused-ring (bicyclic) bond motifs is 2. The smallest absolute Gasteiger partial charge is 0.167 e. The van der Waals surface area contributed by atoms with E-state index in [1.807, 2.05) is 4.57 Å². The summed E-state index contributed by atoms with van der Waals surface area (Å²) >= 11 is 0. The Morgan fingerprint density at radius 1 is 1.18 bits per heavy atom. The lowest BCUT2D eigenvalue weighted by Crippen LogP contribution is -2.52. The number of ether oxygens (including phenoxy) is 1. The van der Waals surface area contributed by atoms with Gasteiger partial charge in [-0.15, -0.1) is 0 Å². The average Bonchev–Trinajstić information content (AvgIpc) is 3.58. The summed E-state index contributed by atoms with van der Waals surface area (Å²) in [5.41, 5.74) is 10.8. The van der Waals surface area contributed by atoms with Gasteiger partial charge in [0.25, 0.3) is 0 Å². The van der Waals surface area contributed by atoms with Crippen molar-refractivity contribution in [3.8, 4) is 0 Å². The number of hydrogen-bond donors (Lipinski definition) is 3. The maximum atomic E-state index is 10.9. The van der Waals surface area contributed by atoms with Crippen molar-refractivity contribution in [2.75, 3.05) is 12.3 Å². The first-order valence-electron chi connectivity index (χ1n) is 14.6. The highest BCUT2D eigenvalue weighted by Gasteiger charge is 2.41. The minimum Gasteiger partial charge on any atom is -0.390 e. The van der Waals surface area contributed by atoms with Gasteiger partial charge in [-0.3, -0.25) is 9.47 Å². The fourth-order valence-electron chi connectivity index (χ4n) is 6.31. The lowest BCUT2D eigenvalue weighted by Gasteiger charge is -2.46.